The molecule has 0 spiro atoms. The number of benzene rings is 1. The summed E-state index contributed by atoms with van der Waals surface area (Å²) in [6, 6.07) is 5.55. The van der Waals surface area contributed by atoms with E-state index in [9.17, 15) is 9.90 Å². The summed E-state index contributed by atoms with van der Waals surface area (Å²) in [5, 5.41) is 12.6. The molecule has 0 radical (unpaired) electrons. The van der Waals surface area contributed by atoms with Gasteiger partial charge in [-0.3, -0.25) is 4.79 Å². The van der Waals surface area contributed by atoms with Crippen LogP contribution in [-0.4, -0.2) is 38.4 Å². The molecule has 19 heavy (non-hydrogen) atoms. The molecule has 2 N–H and O–H groups in total. The Morgan fingerprint density at radius 1 is 1.37 bits per heavy atom. The molecular formula is C14H19NO4. The fraction of sp³-hybridized carbons (Fsp3) is 0.500. The Morgan fingerprint density at radius 3 is 2.63 bits per heavy atom. The first-order valence-corrected chi connectivity index (χ1v) is 6.26. The van der Waals surface area contributed by atoms with E-state index >= 15 is 0 Å². The van der Waals surface area contributed by atoms with Gasteiger partial charge in [0, 0.05) is 6.54 Å². The number of aliphatic carboxylic acids is 1. The number of hydrogen-bond acceptors (Lipinski definition) is 4. The predicted molar refractivity (Wildman–Crippen MR) is 70.8 cm³/mol. The Kier molecular flexibility index (Phi) is 3.95. The van der Waals surface area contributed by atoms with Crippen molar-refractivity contribution in [3.8, 4) is 11.5 Å². The highest BCUT2D eigenvalue weighted by molar-refractivity contribution is 5.76. The van der Waals surface area contributed by atoms with Crippen molar-refractivity contribution in [3.05, 3.63) is 23.8 Å². The molecule has 5 nitrogen and oxygen atoms in total. The molecule has 2 rings (SSSR count). The Balaban J connectivity index is 2.25. The predicted octanol–water partition coefficient (Wildman–Crippen LogP) is 1.31. The minimum Gasteiger partial charge on any atom is -0.493 e. The monoisotopic (exact) mass is 265 g/mol. The van der Waals surface area contributed by atoms with Gasteiger partial charge in [-0.15, -0.1) is 0 Å². The molecule has 0 amide bonds. The standard InChI is InChI=1S/C14H19NO4/c1-18-11-4-3-10(7-12(11)19-2)8-14(13(16)17)5-6-15-9-14/h3-4,7,15H,5-6,8-9H2,1-2H3,(H,16,17). The lowest BCUT2D eigenvalue weighted by molar-refractivity contribution is -0.147. The average molecular weight is 265 g/mol. The van der Waals surface area contributed by atoms with Crippen molar-refractivity contribution >= 4 is 5.97 Å². The fourth-order valence-electron chi connectivity index (χ4n) is 2.53. The Labute approximate surface area is 112 Å². The third-order valence-electron chi connectivity index (χ3n) is 3.69. The van der Waals surface area contributed by atoms with Crippen LogP contribution in [0.1, 0.15) is 12.0 Å². The lowest BCUT2D eigenvalue weighted by Crippen LogP contribution is -2.35. The van der Waals surface area contributed by atoms with Crippen molar-refractivity contribution in [1.82, 2.24) is 5.32 Å². The quantitative estimate of drug-likeness (QED) is 0.840. The summed E-state index contributed by atoms with van der Waals surface area (Å²) >= 11 is 0. The van der Waals surface area contributed by atoms with Crippen LogP contribution in [-0.2, 0) is 11.2 Å². The lowest BCUT2D eigenvalue weighted by atomic mass is 9.81. The molecule has 1 saturated heterocycles. The molecule has 1 unspecified atom stereocenters. The van der Waals surface area contributed by atoms with E-state index in [0.29, 0.717) is 30.9 Å². The molecule has 1 fully saturated rings. The van der Waals surface area contributed by atoms with E-state index in [1.54, 1.807) is 14.2 Å². The molecule has 104 valence electrons. The molecule has 0 bridgehead atoms. The molecule has 0 aromatic heterocycles. The van der Waals surface area contributed by atoms with Crippen LogP contribution in [0.25, 0.3) is 0 Å². The zero-order valence-electron chi connectivity index (χ0n) is 11.2. The van der Waals surface area contributed by atoms with Crippen LogP contribution in [0.2, 0.25) is 0 Å². The number of nitrogens with one attached hydrogen (secondary N) is 1. The van der Waals surface area contributed by atoms with Crippen LogP contribution < -0.4 is 14.8 Å². The largest absolute Gasteiger partial charge is 0.493 e. The van der Waals surface area contributed by atoms with E-state index in [0.717, 1.165) is 12.1 Å². The summed E-state index contributed by atoms with van der Waals surface area (Å²) in [5.41, 5.74) is 0.239. The van der Waals surface area contributed by atoms with Gasteiger partial charge in [0.15, 0.2) is 11.5 Å². The van der Waals surface area contributed by atoms with Gasteiger partial charge in [-0.1, -0.05) is 6.07 Å². The molecule has 1 heterocycles. The number of carboxylic acids is 1. The minimum atomic E-state index is -0.743. The number of ether oxygens (including phenoxy) is 2. The molecule has 0 saturated carbocycles. The van der Waals surface area contributed by atoms with Crippen LogP contribution in [0.4, 0.5) is 0 Å². The Morgan fingerprint density at radius 2 is 2.11 bits per heavy atom. The summed E-state index contributed by atoms with van der Waals surface area (Å²) in [5.74, 6) is 0.541. The van der Waals surface area contributed by atoms with Crippen molar-refractivity contribution in [2.75, 3.05) is 27.3 Å². The van der Waals surface area contributed by atoms with Gasteiger partial charge in [-0.05, 0) is 37.1 Å². The molecule has 1 aromatic rings. The molecule has 1 aliphatic heterocycles. The molecule has 0 aliphatic carbocycles. The second-order valence-electron chi connectivity index (χ2n) is 4.88. The van der Waals surface area contributed by atoms with Gasteiger partial charge in [0.1, 0.15) is 0 Å². The van der Waals surface area contributed by atoms with Crippen LogP contribution in [0, 0.1) is 5.41 Å². The van der Waals surface area contributed by atoms with Gasteiger partial charge in [0.2, 0.25) is 0 Å². The van der Waals surface area contributed by atoms with E-state index in [4.69, 9.17) is 9.47 Å². The van der Waals surface area contributed by atoms with Gasteiger partial charge >= 0.3 is 5.97 Å². The van der Waals surface area contributed by atoms with E-state index in [1.165, 1.54) is 0 Å². The Bertz CT molecular complexity index is 467. The van der Waals surface area contributed by atoms with E-state index in [1.807, 2.05) is 18.2 Å². The van der Waals surface area contributed by atoms with Crippen LogP contribution >= 0.6 is 0 Å². The van der Waals surface area contributed by atoms with Gasteiger partial charge in [0.05, 0.1) is 19.6 Å². The summed E-state index contributed by atoms with van der Waals surface area (Å²) in [7, 11) is 3.16. The van der Waals surface area contributed by atoms with Crippen molar-refractivity contribution in [2.45, 2.75) is 12.8 Å². The van der Waals surface area contributed by atoms with Crippen LogP contribution in [0.5, 0.6) is 11.5 Å². The number of methoxy groups -OCH3 is 2. The number of carbonyl (C=O) groups is 1. The van der Waals surface area contributed by atoms with Crippen molar-refractivity contribution < 1.29 is 19.4 Å². The summed E-state index contributed by atoms with van der Waals surface area (Å²) in [4.78, 5) is 11.5. The zero-order valence-corrected chi connectivity index (χ0v) is 11.2. The Hall–Kier alpha value is -1.75. The first-order valence-electron chi connectivity index (χ1n) is 6.26. The highest BCUT2D eigenvalue weighted by Gasteiger charge is 2.41. The fourth-order valence-corrected chi connectivity index (χ4v) is 2.53. The summed E-state index contributed by atoms with van der Waals surface area (Å²) in [6.07, 6.45) is 1.15. The second kappa shape index (κ2) is 5.48. The topological polar surface area (TPSA) is 67.8 Å². The maximum Gasteiger partial charge on any atom is 0.311 e. The highest BCUT2D eigenvalue weighted by atomic mass is 16.5. The third kappa shape index (κ3) is 2.66. The molecule has 1 aliphatic rings. The number of rotatable bonds is 5. The average Bonchev–Trinajstić information content (AvgIpc) is 2.88. The van der Waals surface area contributed by atoms with Gasteiger partial charge in [-0.2, -0.15) is 0 Å². The maximum absolute atomic E-state index is 11.5. The lowest BCUT2D eigenvalue weighted by Gasteiger charge is -2.23. The van der Waals surface area contributed by atoms with E-state index < -0.39 is 11.4 Å². The SMILES string of the molecule is COc1ccc(CC2(C(=O)O)CCNC2)cc1OC. The maximum atomic E-state index is 11.5. The number of carboxylic acid groups (broad SMARTS) is 1. The van der Waals surface area contributed by atoms with Gasteiger partial charge < -0.3 is 19.9 Å². The van der Waals surface area contributed by atoms with E-state index in [-0.39, 0.29) is 0 Å². The van der Waals surface area contributed by atoms with Crippen LogP contribution in [0.3, 0.4) is 0 Å². The van der Waals surface area contributed by atoms with Crippen LogP contribution in [0.15, 0.2) is 18.2 Å². The van der Waals surface area contributed by atoms with Crippen molar-refractivity contribution in [3.63, 3.8) is 0 Å². The second-order valence-corrected chi connectivity index (χ2v) is 4.88. The molecule has 1 aromatic carbocycles. The van der Waals surface area contributed by atoms with Gasteiger partial charge in [-0.25, -0.2) is 0 Å². The molecule has 1 atom stereocenters. The number of hydrogen-bond donors (Lipinski definition) is 2. The summed E-state index contributed by atoms with van der Waals surface area (Å²) < 4.78 is 10.4. The van der Waals surface area contributed by atoms with E-state index in [2.05, 4.69) is 5.32 Å². The summed E-state index contributed by atoms with van der Waals surface area (Å²) in [6.45, 7) is 1.26. The van der Waals surface area contributed by atoms with Crippen molar-refractivity contribution in [1.29, 1.82) is 0 Å². The minimum absolute atomic E-state index is 0.496. The van der Waals surface area contributed by atoms with Gasteiger partial charge in [0.25, 0.3) is 0 Å². The molecular weight excluding hydrogens is 246 g/mol. The highest BCUT2D eigenvalue weighted by Crippen LogP contribution is 2.34. The first-order chi connectivity index (χ1) is 9.11. The smallest absolute Gasteiger partial charge is 0.311 e. The third-order valence-corrected chi connectivity index (χ3v) is 3.69. The normalized spacial score (nSPS) is 22.2. The first kappa shape index (κ1) is 13.7. The molecule has 5 heteroatoms. The zero-order chi connectivity index (χ0) is 13.9. The van der Waals surface area contributed by atoms with Crippen molar-refractivity contribution in [2.24, 2.45) is 5.41 Å².